The third kappa shape index (κ3) is 5.65. The normalized spacial score (nSPS) is 25.2. The molecule has 0 bridgehead atoms. The van der Waals surface area contributed by atoms with E-state index in [2.05, 4.69) is 54.1 Å². The van der Waals surface area contributed by atoms with Crippen LogP contribution in [0.5, 0.6) is 0 Å². The van der Waals surface area contributed by atoms with Gasteiger partial charge < -0.3 is 15.1 Å². The van der Waals surface area contributed by atoms with Gasteiger partial charge in [-0.15, -0.1) is 0 Å². The van der Waals surface area contributed by atoms with Gasteiger partial charge in [-0.2, -0.15) is 0 Å². The van der Waals surface area contributed by atoms with Gasteiger partial charge in [0.15, 0.2) is 0 Å². The van der Waals surface area contributed by atoms with Crippen LogP contribution in [0.4, 0.5) is 0 Å². The lowest BCUT2D eigenvalue weighted by atomic mass is 9.69. The van der Waals surface area contributed by atoms with Crippen molar-refractivity contribution < 1.29 is 9.59 Å². The van der Waals surface area contributed by atoms with Crippen molar-refractivity contribution in [3.8, 4) is 0 Å². The molecule has 1 N–H and O–H groups in total. The summed E-state index contributed by atoms with van der Waals surface area (Å²) >= 11 is 0. The van der Waals surface area contributed by atoms with Gasteiger partial charge in [0, 0.05) is 51.5 Å². The lowest BCUT2D eigenvalue weighted by Crippen LogP contribution is -2.47. The summed E-state index contributed by atoms with van der Waals surface area (Å²) in [7, 11) is 2.10. The number of hydrogen-bond donors (Lipinski definition) is 1. The van der Waals surface area contributed by atoms with E-state index in [9.17, 15) is 9.59 Å². The van der Waals surface area contributed by atoms with Crippen molar-refractivity contribution >= 4 is 11.8 Å². The molecule has 1 saturated heterocycles. The first-order valence-electron chi connectivity index (χ1n) is 11.0. The number of nitrogens with zero attached hydrogens (tertiary/aromatic N) is 4. The molecule has 0 saturated carbocycles. The van der Waals surface area contributed by atoms with Gasteiger partial charge in [-0.05, 0) is 44.1 Å². The smallest absolute Gasteiger partial charge is 0.271 e. The SMILES string of the molecule is CC1=C[C@@H](CNC(=O)c2cnccn2)[C@H](C(C)C)C[C@H]1CC(=O)N1CCN(C)CC1. The summed E-state index contributed by atoms with van der Waals surface area (Å²) in [6, 6.07) is 0. The van der Waals surface area contributed by atoms with E-state index in [0.29, 0.717) is 30.5 Å². The molecule has 1 aliphatic carbocycles. The topological polar surface area (TPSA) is 78.4 Å². The first kappa shape index (κ1) is 22.4. The van der Waals surface area contributed by atoms with E-state index in [1.54, 1.807) is 6.20 Å². The fourth-order valence-corrected chi connectivity index (χ4v) is 4.62. The summed E-state index contributed by atoms with van der Waals surface area (Å²) in [5, 5.41) is 3.02. The number of nitrogens with one attached hydrogen (secondary N) is 1. The zero-order valence-electron chi connectivity index (χ0n) is 18.7. The van der Waals surface area contributed by atoms with Crippen LogP contribution in [0.3, 0.4) is 0 Å². The van der Waals surface area contributed by atoms with Crippen molar-refractivity contribution in [3.05, 3.63) is 35.9 Å². The Hall–Kier alpha value is -2.28. The first-order chi connectivity index (χ1) is 14.3. The third-order valence-corrected chi connectivity index (χ3v) is 6.65. The van der Waals surface area contributed by atoms with Gasteiger partial charge in [-0.1, -0.05) is 25.5 Å². The number of amides is 2. The van der Waals surface area contributed by atoms with Crippen LogP contribution in [-0.4, -0.2) is 71.4 Å². The Morgan fingerprint density at radius 1 is 1.20 bits per heavy atom. The predicted molar refractivity (Wildman–Crippen MR) is 117 cm³/mol. The minimum atomic E-state index is -0.191. The monoisotopic (exact) mass is 413 g/mol. The maximum atomic E-state index is 12.9. The number of carbonyl (C=O) groups excluding carboxylic acids is 2. The molecule has 1 fully saturated rings. The Balaban J connectivity index is 1.61. The van der Waals surface area contributed by atoms with E-state index in [1.165, 1.54) is 18.0 Å². The molecule has 164 valence electrons. The van der Waals surface area contributed by atoms with Crippen LogP contribution in [0, 0.1) is 23.7 Å². The van der Waals surface area contributed by atoms with Crippen LogP contribution in [0.1, 0.15) is 44.1 Å². The van der Waals surface area contributed by atoms with E-state index in [0.717, 1.165) is 32.6 Å². The van der Waals surface area contributed by atoms with Gasteiger partial charge >= 0.3 is 0 Å². The Bertz CT molecular complexity index is 756. The van der Waals surface area contributed by atoms with Gasteiger partial charge in [-0.25, -0.2) is 4.98 Å². The summed E-state index contributed by atoms with van der Waals surface area (Å²) in [5.74, 6) is 1.55. The maximum absolute atomic E-state index is 12.9. The van der Waals surface area contributed by atoms with Crippen LogP contribution >= 0.6 is 0 Å². The van der Waals surface area contributed by atoms with Crippen molar-refractivity contribution in [2.45, 2.75) is 33.6 Å². The summed E-state index contributed by atoms with van der Waals surface area (Å²) in [6.45, 7) is 10.7. The van der Waals surface area contributed by atoms with Gasteiger partial charge in [0.1, 0.15) is 5.69 Å². The maximum Gasteiger partial charge on any atom is 0.271 e. The highest BCUT2D eigenvalue weighted by atomic mass is 16.2. The van der Waals surface area contributed by atoms with Crippen molar-refractivity contribution in [1.82, 2.24) is 25.1 Å². The van der Waals surface area contributed by atoms with Gasteiger partial charge in [-0.3, -0.25) is 14.6 Å². The first-order valence-corrected chi connectivity index (χ1v) is 11.0. The second kappa shape index (κ2) is 10.2. The molecule has 2 aliphatic rings. The van der Waals surface area contributed by atoms with E-state index in [-0.39, 0.29) is 23.7 Å². The predicted octanol–water partition coefficient (Wildman–Crippen LogP) is 2.23. The molecule has 30 heavy (non-hydrogen) atoms. The highest BCUT2D eigenvalue weighted by Crippen LogP contribution is 2.39. The molecule has 1 aromatic heterocycles. The largest absolute Gasteiger partial charge is 0.350 e. The molecular formula is C23H35N5O2. The van der Waals surface area contributed by atoms with E-state index in [4.69, 9.17) is 0 Å². The second-order valence-corrected chi connectivity index (χ2v) is 9.10. The molecule has 7 heteroatoms. The Labute approximate surface area is 179 Å². The Morgan fingerprint density at radius 3 is 2.57 bits per heavy atom. The van der Waals surface area contributed by atoms with Gasteiger partial charge in [0.05, 0.1) is 6.20 Å². The summed E-state index contributed by atoms with van der Waals surface area (Å²) in [6.07, 6.45) is 8.43. The fraction of sp³-hybridized carbons (Fsp3) is 0.652. The molecule has 0 aromatic carbocycles. The van der Waals surface area contributed by atoms with Crippen LogP contribution < -0.4 is 5.32 Å². The molecule has 3 atom stereocenters. The number of likely N-dealkylation sites (N-methyl/N-ethyl adjacent to an activating group) is 1. The second-order valence-electron chi connectivity index (χ2n) is 9.10. The molecule has 7 nitrogen and oxygen atoms in total. The molecule has 2 heterocycles. The average Bonchev–Trinajstić information content (AvgIpc) is 2.74. The lowest BCUT2D eigenvalue weighted by Gasteiger charge is -2.38. The quantitative estimate of drug-likeness (QED) is 0.724. The lowest BCUT2D eigenvalue weighted by molar-refractivity contribution is -0.133. The molecule has 3 rings (SSSR count). The molecule has 2 amide bonds. The van der Waals surface area contributed by atoms with E-state index in [1.807, 2.05) is 4.90 Å². The number of allylic oxidation sites excluding steroid dienone is 1. The zero-order chi connectivity index (χ0) is 21.7. The van der Waals surface area contributed by atoms with Gasteiger partial charge in [0.2, 0.25) is 5.91 Å². The third-order valence-electron chi connectivity index (χ3n) is 6.65. The number of carbonyl (C=O) groups is 2. The zero-order valence-corrected chi connectivity index (χ0v) is 18.7. The molecule has 0 radical (unpaired) electrons. The van der Waals surface area contributed by atoms with Crippen molar-refractivity contribution in [2.24, 2.45) is 23.7 Å². The van der Waals surface area contributed by atoms with Crippen LogP contribution in [0.2, 0.25) is 0 Å². The average molecular weight is 414 g/mol. The standard InChI is InChI=1S/C23H35N5O2/c1-16(2)20-12-18(13-22(29)28-9-7-27(4)8-10-28)17(3)11-19(20)14-26-23(30)21-15-24-5-6-25-21/h5-6,11,15-16,18-20H,7-10,12-14H2,1-4H3,(H,26,30)/t18-,19-,20-/m0/s1. The fourth-order valence-electron chi connectivity index (χ4n) is 4.62. The number of piperazine rings is 1. The van der Waals surface area contributed by atoms with Gasteiger partial charge in [0.25, 0.3) is 5.91 Å². The van der Waals surface area contributed by atoms with Crippen LogP contribution in [0.25, 0.3) is 0 Å². The minimum absolute atomic E-state index is 0.191. The number of rotatable bonds is 6. The van der Waals surface area contributed by atoms with E-state index >= 15 is 0 Å². The number of hydrogen-bond acceptors (Lipinski definition) is 5. The highest BCUT2D eigenvalue weighted by molar-refractivity contribution is 5.91. The Kier molecular flexibility index (Phi) is 7.58. The number of aromatic nitrogens is 2. The summed E-state index contributed by atoms with van der Waals surface area (Å²) in [4.78, 5) is 37.5. The molecule has 0 spiro atoms. The van der Waals surface area contributed by atoms with Crippen LogP contribution in [-0.2, 0) is 4.79 Å². The van der Waals surface area contributed by atoms with Crippen molar-refractivity contribution in [2.75, 3.05) is 39.8 Å². The molecule has 1 aliphatic heterocycles. The highest BCUT2D eigenvalue weighted by Gasteiger charge is 2.33. The summed E-state index contributed by atoms with van der Waals surface area (Å²) < 4.78 is 0. The molecule has 1 aromatic rings. The molecule has 0 unspecified atom stereocenters. The van der Waals surface area contributed by atoms with Crippen molar-refractivity contribution in [1.29, 1.82) is 0 Å². The Morgan fingerprint density at radius 2 is 1.93 bits per heavy atom. The van der Waals surface area contributed by atoms with Crippen LogP contribution in [0.15, 0.2) is 30.2 Å². The summed E-state index contributed by atoms with van der Waals surface area (Å²) in [5.41, 5.74) is 1.61. The van der Waals surface area contributed by atoms with E-state index < -0.39 is 0 Å². The minimum Gasteiger partial charge on any atom is -0.350 e. The molecular weight excluding hydrogens is 378 g/mol. The van der Waals surface area contributed by atoms with Crippen molar-refractivity contribution in [3.63, 3.8) is 0 Å².